The maximum atomic E-state index is 12.1. The highest BCUT2D eigenvalue weighted by Crippen LogP contribution is 2.24. The van der Waals surface area contributed by atoms with E-state index in [9.17, 15) is 13.5 Å². The van der Waals surface area contributed by atoms with E-state index in [1.807, 2.05) is 0 Å². The van der Waals surface area contributed by atoms with Gasteiger partial charge in [-0.3, -0.25) is 4.72 Å². The highest BCUT2D eigenvalue weighted by molar-refractivity contribution is 7.92. The molecule has 0 amide bonds. The van der Waals surface area contributed by atoms with Crippen LogP contribution in [0.3, 0.4) is 0 Å². The molecule has 0 aliphatic carbocycles. The van der Waals surface area contributed by atoms with E-state index >= 15 is 0 Å². The van der Waals surface area contributed by atoms with E-state index in [0.717, 1.165) is 0 Å². The summed E-state index contributed by atoms with van der Waals surface area (Å²) in [5.74, 6) is 0.0994. The molecule has 0 radical (unpaired) electrons. The summed E-state index contributed by atoms with van der Waals surface area (Å²) in [6, 6.07) is 7.26. The number of phenolic OH excluding ortho intramolecular Hbond substituents is 1. The van der Waals surface area contributed by atoms with Gasteiger partial charge in [0, 0.05) is 11.9 Å². The Balaban J connectivity index is 2.37. The van der Waals surface area contributed by atoms with E-state index in [4.69, 9.17) is 11.6 Å². The van der Waals surface area contributed by atoms with Crippen LogP contribution < -0.4 is 4.72 Å². The summed E-state index contributed by atoms with van der Waals surface area (Å²) in [5, 5.41) is 9.30. The molecule has 5 nitrogen and oxygen atoms in total. The Morgan fingerprint density at radius 1 is 1.32 bits per heavy atom. The van der Waals surface area contributed by atoms with Gasteiger partial charge in [-0.2, -0.15) is 0 Å². The zero-order chi connectivity index (χ0) is 14.0. The lowest BCUT2D eigenvalue weighted by Gasteiger charge is -2.09. The van der Waals surface area contributed by atoms with Crippen LogP contribution in [0.1, 0.15) is 5.56 Å². The summed E-state index contributed by atoms with van der Waals surface area (Å²) in [6.07, 6.45) is 1.41. The van der Waals surface area contributed by atoms with E-state index in [1.54, 1.807) is 6.92 Å². The van der Waals surface area contributed by atoms with Gasteiger partial charge in [-0.05, 0) is 42.8 Å². The number of pyridine rings is 1. The van der Waals surface area contributed by atoms with E-state index in [-0.39, 0.29) is 15.8 Å². The quantitative estimate of drug-likeness (QED) is 0.674. The van der Waals surface area contributed by atoms with Crippen LogP contribution in [0.4, 0.5) is 5.69 Å². The van der Waals surface area contributed by atoms with Crippen molar-refractivity contribution in [3.8, 4) is 5.75 Å². The first-order chi connectivity index (χ1) is 8.90. The first kappa shape index (κ1) is 13.6. The SMILES string of the molecule is Cc1cc(NS(=O)(=O)c2cccnc2Cl)ccc1O. The number of hydrogen-bond donors (Lipinski definition) is 2. The number of nitrogens with zero attached hydrogens (tertiary/aromatic N) is 1. The number of aromatic nitrogens is 1. The van der Waals surface area contributed by atoms with E-state index in [0.29, 0.717) is 11.3 Å². The van der Waals surface area contributed by atoms with Crippen molar-refractivity contribution in [3.63, 3.8) is 0 Å². The fraction of sp³-hybridized carbons (Fsp3) is 0.0833. The number of aromatic hydroxyl groups is 1. The van der Waals surface area contributed by atoms with Gasteiger partial charge in [-0.25, -0.2) is 13.4 Å². The molecule has 0 saturated heterocycles. The average molecular weight is 299 g/mol. The highest BCUT2D eigenvalue weighted by Gasteiger charge is 2.18. The molecule has 0 atom stereocenters. The monoisotopic (exact) mass is 298 g/mol. The van der Waals surface area contributed by atoms with Crippen molar-refractivity contribution in [2.45, 2.75) is 11.8 Å². The Kier molecular flexibility index (Phi) is 3.64. The van der Waals surface area contributed by atoms with Crippen molar-refractivity contribution in [1.82, 2.24) is 4.98 Å². The third kappa shape index (κ3) is 2.97. The number of sulfonamides is 1. The molecular weight excluding hydrogens is 288 g/mol. The molecule has 0 aliphatic rings. The molecule has 0 aliphatic heterocycles. The number of nitrogens with one attached hydrogen (secondary N) is 1. The van der Waals surface area contributed by atoms with Crippen molar-refractivity contribution in [2.24, 2.45) is 0 Å². The molecule has 7 heteroatoms. The summed E-state index contributed by atoms with van der Waals surface area (Å²) < 4.78 is 26.6. The second kappa shape index (κ2) is 5.07. The molecule has 0 saturated carbocycles. The van der Waals surface area contributed by atoms with Crippen LogP contribution in [-0.2, 0) is 10.0 Å². The lowest BCUT2D eigenvalue weighted by molar-refractivity contribution is 0.471. The summed E-state index contributed by atoms with van der Waals surface area (Å²) >= 11 is 5.76. The smallest absolute Gasteiger partial charge is 0.264 e. The molecule has 100 valence electrons. The van der Waals surface area contributed by atoms with Gasteiger partial charge in [-0.1, -0.05) is 11.6 Å². The molecule has 1 aromatic carbocycles. The van der Waals surface area contributed by atoms with Gasteiger partial charge in [0.05, 0.1) is 0 Å². The second-order valence-corrected chi connectivity index (χ2v) is 5.91. The molecule has 0 spiro atoms. The van der Waals surface area contributed by atoms with Crippen molar-refractivity contribution in [3.05, 3.63) is 47.2 Å². The van der Waals surface area contributed by atoms with Gasteiger partial charge in [0.15, 0.2) is 0 Å². The summed E-state index contributed by atoms with van der Waals surface area (Å²) in [6.45, 7) is 1.67. The van der Waals surface area contributed by atoms with E-state index in [2.05, 4.69) is 9.71 Å². The molecular formula is C12H11ClN2O3S. The van der Waals surface area contributed by atoms with Crippen LogP contribution in [0.2, 0.25) is 5.15 Å². The van der Waals surface area contributed by atoms with Gasteiger partial charge >= 0.3 is 0 Å². The number of halogens is 1. The predicted molar refractivity (Wildman–Crippen MR) is 72.9 cm³/mol. The van der Waals surface area contributed by atoms with Gasteiger partial charge in [-0.15, -0.1) is 0 Å². The van der Waals surface area contributed by atoms with E-state index in [1.165, 1.54) is 36.5 Å². The van der Waals surface area contributed by atoms with Gasteiger partial charge in [0.25, 0.3) is 10.0 Å². The largest absolute Gasteiger partial charge is 0.508 e. The lowest BCUT2D eigenvalue weighted by atomic mass is 10.2. The van der Waals surface area contributed by atoms with Crippen molar-refractivity contribution >= 4 is 27.3 Å². The Labute approximate surface area is 115 Å². The van der Waals surface area contributed by atoms with Crippen LogP contribution in [-0.4, -0.2) is 18.5 Å². The van der Waals surface area contributed by atoms with Crippen molar-refractivity contribution in [1.29, 1.82) is 0 Å². The van der Waals surface area contributed by atoms with Crippen LogP contribution in [0.5, 0.6) is 5.75 Å². The summed E-state index contributed by atoms with van der Waals surface area (Å²) in [5.41, 5.74) is 0.910. The molecule has 2 N–H and O–H groups in total. The van der Waals surface area contributed by atoms with Crippen molar-refractivity contribution in [2.75, 3.05) is 4.72 Å². The number of anilines is 1. The molecule has 19 heavy (non-hydrogen) atoms. The van der Waals surface area contributed by atoms with Gasteiger partial charge < -0.3 is 5.11 Å². The van der Waals surface area contributed by atoms with E-state index < -0.39 is 10.0 Å². The maximum absolute atomic E-state index is 12.1. The normalized spacial score (nSPS) is 11.3. The average Bonchev–Trinajstić information content (AvgIpc) is 2.34. The molecule has 1 aromatic heterocycles. The van der Waals surface area contributed by atoms with Crippen LogP contribution >= 0.6 is 11.6 Å². The molecule has 0 fully saturated rings. The third-order valence-corrected chi connectivity index (χ3v) is 4.29. The fourth-order valence-electron chi connectivity index (χ4n) is 1.50. The minimum Gasteiger partial charge on any atom is -0.508 e. The third-order valence-electron chi connectivity index (χ3n) is 2.46. The standard InChI is InChI=1S/C12H11ClN2O3S/c1-8-7-9(4-5-10(8)16)15-19(17,18)11-3-2-6-14-12(11)13/h2-7,15-16H,1H3. The molecule has 1 heterocycles. The zero-order valence-electron chi connectivity index (χ0n) is 9.96. The fourth-order valence-corrected chi connectivity index (χ4v) is 3.00. The first-order valence-electron chi connectivity index (χ1n) is 5.33. The maximum Gasteiger partial charge on any atom is 0.264 e. The summed E-state index contributed by atoms with van der Waals surface area (Å²) in [7, 11) is -3.80. The van der Waals surface area contributed by atoms with Crippen molar-refractivity contribution < 1.29 is 13.5 Å². The number of hydrogen-bond acceptors (Lipinski definition) is 4. The molecule has 0 unspecified atom stereocenters. The van der Waals surface area contributed by atoms with Gasteiger partial charge in [0.1, 0.15) is 15.8 Å². The van der Waals surface area contributed by atoms with Crippen LogP contribution in [0, 0.1) is 6.92 Å². The van der Waals surface area contributed by atoms with Gasteiger partial charge in [0.2, 0.25) is 0 Å². The number of phenols is 1. The Hall–Kier alpha value is -1.79. The number of rotatable bonds is 3. The Morgan fingerprint density at radius 3 is 2.68 bits per heavy atom. The van der Waals surface area contributed by atoms with Crippen LogP contribution in [0.15, 0.2) is 41.4 Å². The second-order valence-electron chi connectivity index (χ2n) is 3.90. The number of aryl methyl sites for hydroxylation is 1. The topological polar surface area (TPSA) is 79.3 Å². The summed E-state index contributed by atoms with van der Waals surface area (Å²) in [4.78, 5) is 3.63. The molecule has 0 bridgehead atoms. The predicted octanol–water partition coefficient (Wildman–Crippen LogP) is 2.55. The highest BCUT2D eigenvalue weighted by atomic mass is 35.5. The first-order valence-corrected chi connectivity index (χ1v) is 7.19. The Morgan fingerprint density at radius 2 is 2.05 bits per heavy atom. The Bertz CT molecular complexity index is 717. The van der Waals surface area contributed by atoms with Crippen LogP contribution in [0.25, 0.3) is 0 Å². The zero-order valence-corrected chi connectivity index (χ0v) is 11.5. The molecule has 2 rings (SSSR count). The lowest BCUT2D eigenvalue weighted by Crippen LogP contribution is -2.13. The number of benzene rings is 1. The minimum absolute atomic E-state index is 0.0921. The molecule has 2 aromatic rings. The minimum atomic E-state index is -3.80.